The molecular weight excluding hydrogens is 225 g/mol. The average molecular weight is 238 g/mol. The average Bonchev–Trinajstić information content (AvgIpc) is 2.20. The van der Waals surface area contributed by atoms with E-state index in [0.717, 1.165) is 5.56 Å². The lowest BCUT2D eigenvalue weighted by atomic mass is 10.2. The Labute approximate surface area is 89.8 Å². The van der Waals surface area contributed by atoms with Gasteiger partial charge in [-0.2, -0.15) is 13.2 Å². The van der Waals surface area contributed by atoms with Crippen LogP contribution in [0.4, 0.5) is 13.2 Å². The summed E-state index contributed by atoms with van der Waals surface area (Å²) in [6.07, 6.45) is 0. The monoisotopic (exact) mass is 238 g/mol. The van der Waals surface area contributed by atoms with Gasteiger partial charge in [-0.15, -0.1) is 0 Å². The van der Waals surface area contributed by atoms with Gasteiger partial charge in [0.25, 0.3) is 0 Å². The Hall–Kier alpha value is -0.840. The van der Waals surface area contributed by atoms with Crippen molar-refractivity contribution in [2.24, 2.45) is 0 Å². The van der Waals surface area contributed by atoms with E-state index in [1.165, 1.54) is 24.3 Å². The van der Waals surface area contributed by atoms with E-state index < -0.39 is 16.3 Å². The molecule has 0 aliphatic carbocycles. The lowest BCUT2D eigenvalue weighted by molar-refractivity contribution is -0.0384. The zero-order chi connectivity index (χ0) is 12.1. The molecule has 0 fully saturated rings. The first-order chi connectivity index (χ1) is 6.91. The van der Waals surface area contributed by atoms with E-state index in [9.17, 15) is 17.4 Å². The second-order valence-electron chi connectivity index (χ2n) is 2.53. The molecule has 1 aromatic carbocycles. The van der Waals surface area contributed by atoms with Gasteiger partial charge in [-0.3, -0.25) is 0 Å². The highest BCUT2D eigenvalue weighted by atomic mass is 32.2. The van der Waals surface area contributed by atoms with Gasteiger partial charge in [0.15, 0.2) is 10.8 Å². The summed E-state index contributed by atoms with van der Waals surface area (Å²) < 4.78 is 46.6. The maximum atomic E-state index is 11.9. The third-order valence-electron chi connectivity index (χ3n) is 1.45. The molecule has 1 aromatic rings. The second kappa shape index (κ2) is 5.90. The summed E-state index contributed by atoms with van der Waals surface area (Å²) in [4.78, 5) is -0.210. The van der Waals surface area contributed by atoms with Crippen molar-refractivity contribution < 1.29 is 17.4 Å². The van der Waals surface area contributed by atoms with Crippen molar-refractivity contribution in [3.63, 3.8) is 0 Å². The van der Waals surface area contributed by atoms with E-state index in [1.807, 2.05) is 13.8 Å². The molecule has 0 bridgehead atoms. The predicted octanol–water partition coefficient (Wildman–Crippen LogP) is 3.65. The Balaban J connectivity index is 0.000000921. The van der Waals surface area contributed by atoms with Crippen LogP contribution in [0.1, 0.15) is 19.4 Å². The van der Waals surface area contributed by atoms with Crippen molar-refractivity contribution in [3.8, 4) is 0 Å². The number of hydrogen-bond donors (Lipinski definition) is 0. The van der Waals surface area contributed by atoms with Crippen LogP contribution < -0.4 is 0 Å². The van der Waals surface area contributed by atoms with Crippen LogP contribution in [-0.4, -0.2) is 9.72 Å². The molecule has 0 aliphatic rings. The molecule has 15 heavy (non-hydrogen) atoms. The van der Waals surface area contributed by atoms with Crippen LogP contribution in [0.25, 0.3) is 0 Å². The van der Waals surface area contributed by atoms with Crippen LogP contribution >= 0.6 is 0 Å². The number of rotatable bonds is 1. The smallest absolute Gasteiger partial charge is 0.245 e. The molecule has 0 radical (unpaired) electrons. The quantitative estimate of drug-likeness (QED) is 0.730. The predicted molar refractivity (Wildman–Crippen MR) is 55.0 cm³/mol. The number of halogens is 3. The molecule has 86 valence electrons. The number of hydrogen-bond acceptors (Lipinski definition) is 1. The van der Waals surface area contributed by atoms with Crippen molar-refractivity contribution in [2.75, 3.05) is 0 Å². The lowest BCUT2D eigenvalue weighted by Crippen LogP contribution is -2.16. The molecule has 0 N–H and O–H groups in total. The summed E-state index contributed by atoms with van der Waals surface area (Å²) in [7, 11) is -2.91. The van der Waals surface area contributed by atoms with E-state index >= 15 is 0 Å². The largest absolute Gasteiger partial charge is 0.475 e. The van der Waals surface area contributed by atoms with E-state index in [0.29, 0.717) is 0 Å². The fourth-order valence-corrected chi connectivity index (χ4v) is 1.45. The summed E-state index contributed by atoms with van der Waals surface area (Å²) in [5.41, 5.74) is -3.84. The number of aryl methyl sites for hydroxylation is 1. The van der Waals surface area contributed by atoms with Gasteiger partial charge < -0.3 is 0 Å². The fourth-order valence-electron chi connectivity index (χ4n) is 0.795. The zero-order valence-corrected chi connectivity index (χ0v) is 9.58. The first kappa shape index (κ1) is 14.2. The van der Waals surface area contributed by atoms with E-state index in [1.54, 1.807) is 6.92 Å². The van der Waals surface area contributed by atoms with Crippen LogP contribution in [0.5, 0.6) is 0 Å². The van der Waals surface area contributed by atoms with Crippen LogP contribution in [0.2, 0.25) is 0 Å². The molecule has 0 spiro atoms. The van der Waals surface area contributed by atoms with Crippen molar-refractivity contribution in [3.05, 3.63) is 29.8 Å². The Morgan fingerprint density at radius 3 is 1.80 bits per heavy atom. The maximum Gasteiger partial charge on any atom is 0.475 e. The molecular formula is C10H13F3OS. The van der Waals surface area contributed by atoms with Gasteiger partial charge in [0, 0.05) is 4.90 Å². The van der Waals surface area contributed by atoms with E-state index in [-0.39, 0.29) is 4.90 Å². The molecule has 0 heterocycles. The van der Waals surface area contributed by atoms with Crippen LogP contribution in [0.3, 0.4) is 0 Å². The number of benzene rings is 1. The minimum atomic E-state index is -4.67. The first-order valence-electron chi connectivity index (χ1n) is 4.46. The summed E-state index contributed by atoms with van der Waals surface area (Å²) in [6, 6.07) is 5.44. The third kappa shape index (κ3) is 4.46. The standard InChI is InChI=1S/C8H7F3OS.C2H6/c1-6-2-4-7(5-3-6)13(12)8(9,10)11;1-2/h2-5H,1H3;1-2H3. The van der Waals surface area contributed by atoms with Gasteiger partial charge in [0.1, 0.15) is 0 Å². The second-order valence-corrected chi connectivity index (χ2v) is 4.00. The van der Waals surface area contributed by atoms with Gasteiger partial charge in [0.05, 0.1) is 0 Å². The topological polar surface area (TPSA) is 17.1 Å². The van der Waals surface area contributed by atoms with Crippen LogP contribution in [0, 0.1) is 6.92 Å². The van der Waals surface area contributed by atoms with Crippen LogP contribution in [-0.2, 0) is 10.8 Å². The summed E-state index contributed by atoms with van der Waals surface area (Å²) in [5, 5.41) is 0. The van der Waals surface area contributed by atoms with Gasteiger partial charge in [-0.25, -0.2) is 4.21 Å². The molecule has 0 saturated carbocycles. The SMILES string of the molecule is CC.Cc1ccc(S(=O)C(F)(F)F)cc1. The number of alkyl halides is 3. The maximum absolute atomic E-state index is 11.9. The highest BCUT2D eigenvalue weighted by Gasteiger charge is 2.37. The highest BCUT2D eigenvalue weighted by molar-refractivity contribution is 7.86. The minimum absolute atomic E-state index is 0.210. The Bertz CT molecular complexity index is 316. The van der Waals surface area contributed by atoms with E-state index in [2.05, 4.69) is 0 Å². The molecule has 5 heteroatoms. The van der Waals surface area contributed by atoms with E-state index in [4.69, 9.17) is 0 Å². The summed E-state index contributed by atoms with van der Waals surface area (Å²) in [5.74, 6) is 0. The van der Waals surface area contributed by atoms with Gasteiger partial charge in [0.2, 0.25) is 0 Å². The molecule has 1 rings (SSSR count). The normalized spacial score (nSPS) is 12.7. The van der Waals surface area contributed by atoms with Crippen molar-refractivity contribution >= 4 is 10.8 Å². The minimum Gasteiger partial charge on any atom is -0.245 e. The van der Waals surface area contributed by atoms with Crippen molar-refractivity contribution in [2.45, 2.75) is 31.2 Å². The Morgan fingerprint density at radius 2 is 1.47 bits per heavy atom. The van der Waals surface area contributed by atoms with Crippen molar-refractivity contribution in [1.29, 1.82) is 0 Å². The molecule has 0 aromatic heterocycles. The van der Waals surface area contributed by atoms with Gasteiger partial charge in [-0.05, 0) is 19.1 Å². The highest BCUT2D eigenvalue weighted by Crippen LogP contribution is 2.25. The molecule has 1 unspecified atom stereocenters. The third-order valence-corrected chi connectivity index (χ3v) is 2.57. The molecule has 0 aliphatic heterocycles. The van der Waals surface area contributed by atoms with Crippen molar-refractivity contribution in [1.82, 2.24) is 0 Å². The molecule has 0 saturated heterocycles. The lowest BCUT2D eigenvalue weighted by Gasteiger charge is -2.05. The molecule has 1 nitrogen and oxygen atoms in total. The van der Waals surface area contributed by atoms with Gasteiger partial charge in [-0.1, -0.05) is 31.5 Å². The summed E-state index contributed by atoms with van der Waals surface area (Å²) in [6.45, 7) is 5.75. The first-order valence-corrected chi connectivity index (χ1v) is 5.61. The zero-order valence-electron chi connectivity index (χ0n) is 8.76. The Kier molecular flexibility index (Phi) is 5.57. The molecule has 0 amide bonds. The Morgan fingerprint density at radius 1 is 1.07 bits per heavy atom. The van der Waals surface area contributed by atoms with Crippen LogP contribution in [0.15, 0.2) is 29.2 Å². The fraction of sp³-hybridized carbons (Fsp3) is 0.400. The molecule has 1 atom stereocenters. The van der Waals surface area contributed by atoms with Gasteiger partial charge >= 0.3 is 5.51 Å². The summed E-state index contributed by atoms with van der Waals surface area (Å²) >= 11 is 0.